The van der Waals surface area contributed by atoms with Crippen molar-refractivity contribution < 1.29 is 4.79 Å². The van der Waals surface area contributed by atoms with Crippen molar-refractivity contribution in [2.75, 3.05) is 5.32 Å². The van der Waals surface area contributed by atoms with E-state index in [1.807, 2.05) is 64.2 Å². The Morgan fingerprint density at radius 1 is 1.11 bits per heavy atom. The highest BCUT2D eigenvalue weighted by molar-refractivity contribution is 5.93. The van der Waals surface area contributed by atoms with Crippen LogP contribution >= 0.6 is 0 Å². The van der Waals surface area contributed by atoms with Crippen molar-refractivity contribution in [2.45, 2.75) is 33.2 Å². The first kappa shape index (κ1) is 18.8. The van der Waals surface area contributed by atoms with E-state index in [1.54, 1.807) is 0 Å². The lowest BCUT2D eigenvalue weighted by atomic mass is 9.92. The van der Waals surface area contributed by atoms with Crippen LogP contribution in [0.2, 0.25) is 0 Å². The van der Waals surface area contributed by atoms with E-state index in [-0.39, 0.29) is 6.03 Å². The molecule has 0 saturated carbocycles. The summed E-state index contributed by atoms with van der Waals surface area (Å²) in [6.07, 6.45) is 0. The number of nitrogens with zero attached hydrogens (tertiary/aromatic N) is 1. The number of rotatable bonds is 4. The Labute approximate surface area is 160 Å². The number of allylic oxidation sites excluding steroid dienone is 1. The molecule has 4 nitrogen and oxygen atoms in total. The van der Waals surface area contributed by atoms with Gasteiger partial charge in [-0.05, 0) is 69.2 Å². The third-order valence-electron chi connectivity index (χ3n) is 5.04. The smallest absolute Gasteiger partial charge is 0.319 e. The molecule has 0 radical (unpaired) electrons. The molecule has 1 heterocycles. The van der Waals surface area contributed by atoms with Gasteiger partial charge in [-0.2, -0.15) is 0 Å². The Kier molecular flexibility index (Phi) is 4.83. The largest absolute Gasteiger partial charge is 0.348 e. The Balaban J connectivity index is 1.76. The fourth-order valence-electron chi connectivity index (χ4n) is 3.26. The van der Waals surface area contributed by atoms with E-state index in [4.69, 9.17) is 0 Å². The maximum Gasteiger partial charge on any atom is 0.319 e. The van der Waals surface area contributed by atoms with Crippen LogP contribution in [0.5, 0.6) is 0 Å². The Bertz CT molecular complexity index is 1030. The van der Waals surface area contributed by atoms with E-state index in [2.05, 4.69) is 40.8 Å². The van der Waals surface area contributed by atoms with Crippen LogP contribution in [0, 0.1) is 6.92 Å². The molecule has 0 atom stereocenters. The molecule has 27 heavy (non-hydrogen) atoms. The number of carbonyl (C=O) groups excluding carboxylic acids is 1. The second-order valence-corrected chi connectivity index (χ2v) is 7.68. The summed E-state index contributed by atoms with van der Waals surface area (Å²) >= 11 is 0. The number of aromatic nitrogens is 1. The van der Waals surface area contributed by atoms with Crippen molar-refractivity contribution in [1.82, 2.24) is 9.88 Å². The third kappa shape index (κ3) is 3.90. The minimum Gasteiger partial charge on any atom is -0.348 e. The molecule has 140 valence electrons. The number of hydrogen-bond donors (Lipinski definition) is 2. The zero-order chi connectivity index (χ0) is 19.8. The lowest BCUT2D eigenvalue weighted by molar-refractivity contribution is 0.242. The van der Waals surface area contributed by atoms with Crippen LogP contribution < -0.4 is 10.6 Å². The summed E-state index contributed by atoms with van der Waals surface area (Å²) < 4.78 is 2.14. The predicted octanol–water partition coefficient (Wildman–Crippen LogP) is 5.58. The SMILES string of the molecule is C=C(C)c1cccc(C(C)(C)NC(=O)Nc2ccc3c(c2)cc(C)n3C)c1. The lowest BCUT2D eigenvalue weighted by Crippen LogP contribution is -2.43. The maximum atomic E-state index is 12.6. The van der Waals surface area contributed by atoms with Gasteiger partial charge in [-0.25, -0.2) is 4.79 Å². The summed E-state index contributed by atoms with van der Waals surface area (Å²) in [5.41, 5.74) is 5.71. The van der Waals surface area contributed by atoms with E-state index in [9.17, 15) is 4.79 Å². The number of nitrogens with one attached hydrogen (secondary N) is 2. The van der Waals surface area contributed by atoms with Gasteiger partial charge >= 0.3 is 6.03 Å². The molecule has 0 aliphatic heterocycles. The highest BCUT2D eigenvalue weighted by Crippen LogP contribution is 2.25. The number of aryl methyl sites for hydroxylation is 2. The van der Waals surface area contributed by atoms with E-state index < -0.39 is 5.54 Å². The van der Waals surface area contributed by atoms with E-state index in [1.165, 1.54) is 5.69 Å². The van der Waals surface area contributed by atoms with Crippen molar-refractivity contribution in [1.29, 1.82) is 0 Å². The predicted molar refractivity (Wildman–Crippen MR) is 114 cm³/mol. The van der Waals surface area contributed by atoms with Gasteiger partial charge in [0.05, 0.1) is 5.54 Å². The highest BCUT2D eigenvalue weighted by atomic mass is 16.2. The summed E-state index contributed by atoms with van der Waals surface area (Å²) in [5, 5.41) is 7.13. The number of benzene rings is 2. The van der Waals surface area contributed by atoms with E-state index >= 15 is 0 Å². The second-order valence-electron chi connectivity index (χ2n) is 7.68. The van der Waals surface area contributed by atoms with Crippen molar-refractivity contribution in [3.05, 3.63) is 71.9 Å². The minimum atomic E-state index is -0.511. The first-order valence-corrected chi connectivity index (χ1v) is 9.09. The van der Waals surface area contributed by atoms with Crippen LogP contribution in [-0.2, 0) is 12.6 Å². The molecule has 0 bridgehead atoms. The monoisotopic (exact) mass is 361 g/mol. The molecule has 1 aromatic heterocycles. The second kappa shape index (κ2) is 6.95. The van der Waals surface area contributed by atoms with Gasteiger partial charge in [-0.1, -0.05) is 30.4 Å². The summed E-state index contributed by atoms with van der Waals surface area (Å²) in [7, 11) is 2.04. The maximum absolute atomic E-state index is 12.6. The fraction of sp³-hybridized carbons (Fsp3) is 0.261. The molecule has 0 aliphatic rings. The van der Waals surface area contributed by atoms with Gasteiger partial charge in [0.15, 0.2) is 0 Å². The van der Waals surface area contributed by atoms with Gasteiger partial charge in [-0.3, -0.25) is 0 Å². The van der Waals surface area contributed by atoms with Crippen LogP contribution in [0.3, 0.4) is 0 Å². The van der Waals surface area contributed by atoms with Gasteiger partial charge in [0.1, 0.15) is 0 Å². The topological polar surface area (TPSA) is 46.1 Å². The quantitative estimate of drug-likeness (QED) is 0.626. The van der Waals surface area contributed by atoms with Crippen molar-refractivity contribution in [2.24, 2.45) is 7.05 Å². The van der Waals surface area contributed by atoms with Crippen molar-refractivity contribution >= 4 is 28.2 Å². The fourth-order valence-corrected chi connectivity index (χ4v) is 3.26. The molecule has 0 spiro atoms. The Morgan fingerprint density at radius 2 is 1.85 bits per heavy atom. The summed E-state index contributed by atoms with van der Waals surface area (Å²) in [6, 6.07) is 15.9. The standard InChI is InChI=1S/C23H27N3O/c1-15(2)17-8-7-9-19(13-17)23(4,5)25-22(27)24-20-10-11-21-18(14-20)12-16(3)26(21)6/h7-14H,1H2,2-6H3,(H2,24,25,27). The number of fused-ring (bicyclic) bond motifs is 1. The molecule has 0 saturated heterocycles. The molecule has 2 aromatic carbocycles. The van der Waals surface area contributed by atoms with Crippen LogP contribution in [0.4, 0.5) is 10.5 Å². The normalized spacial score (nSPS) is 11.4. The average molecular weight is 361 g/mol. The van der Waals surface area contributed by atoms with Gasteiger partial charge < -0.3 is 15.2 Å². The minimum absolute atomic E-state index is 0.229. The Hall–Kier alpha value is -3.01. The number of amides is 2. The first-order valence-electron chi connectivity index (χ1n) is 9.09. The Morgan fingerprint density at radius 3 is 2.56 bits per heavy atom. The molecule has 0 aliphatic carbocycles. The summed E-state index contributed by atoms with van der Waals surface area (Å²) in [6.45, 7) is 12.0. The first-order chi connectivity index (χ1) is 12.7. The molecular formula is C23H27N3O. The lowest BCUT2D eigenvalue weighted by Gasteiger charge is -2.27. The summed E-state index contributed by atoms with van der Waals surface area (Å²) in [5.74, 6) is 0. The molecule has 3 rings (SSSR count). The van der Waals surface area contributed by atoms with Crippen molar-refractivity contribution in [3.8, 4) is 0 Å². The number of anilines is 1. The number of hydrogen-bond acceptors (Lipinski definition) is 1. The van der Waals surface area contributed by atoms with Gasteiger partial charge in [0.25, 0.3) is 0 Å². The zero-order valence-electron chi connectivity index (χ0n) is 16.7. The third-order valence-corrected chi connectivity index (χ3v) is 5.04. The molecule has 2 amide bonds. The molecule has 0 fully saturated rings. The van der Waals surface area contributed by atoms with Gasteiger partial charge in [0.2, 0.25) is 0 Å². The van der Waals surface area contributed by atoms with E-state index in [0.717, 1.165) is 33.3 Å². The van der Waals surface area contributed by atoms with Gasteiger partial charge in [-0.15, -0.1) is 0 Å². The zero-order valence-corrected chi connectivity index (χ0v) is 16.7. The number of carbonyl (C=O) groups is 1. The molecule has 4 heteroatoms. The van der Waals surface area contributed by atoms with Gasteiger partial charge in [0, 0.05) is 29.3 Å². The van der Waals surface area contributed by atoms with E-state index in [0.29, 0.717) is 0 Å². The van der Waals surface area contributed by atoms with Crippen LogP contribution in [0.25, 0.3) is 16.5 Å². The molecule has 0 unspecified atom stereocenters. The van der Waals surface area contributed by atoms with Crippen LogP contribution in [0.15, 0.2) is 55.1 Å². The van der Waals surface area contributed by atoms with Crippen molar-refractivity contribution in [3.63, 3.8) is 0 Å². The van der Waals surface area contributed by atoms with Crippen LogP contribution in [0.1, 0.15) is 37.6 Å². The summed E-state index contributed by atoms with van der Waals surface area (Å²) in [4.78, 5) is 12.6. The molecule has 2 N–H and O–H groups in total. The molecular weight excluding hydrogens is 334 g/mol. The highest BCUT2D eigenvalue weighted by Gasteiger charge is 2.23. The average Bonchev–Trinajstić information content (AvgIpc) is 2.88. The van der Waals surface area contributed by atoms with Crippen LogP contribution in [-0.4, -0.2) is 10.6 Å². The number of urea groups is 1. The molecule has 3 aromatic rings.